The molecule has 0 spiro atoms. The van der Waals surface area contributed by atoms with Gasteiger partial charge in [-0.15, -0.1) is 0 Å². The fourth-order valence-electron chi connectivity index (χ4n) is 3.51. The zero-order chi connectivity index (χ0) is 21.1. The summed E-state index contributed by atoms with van der Waals surface area (Å²) in [5, 5.41) is 0. The smallest absolute Gasteiger partial charge is 0.150 e. The third-order valence-corrected chi connectivity index (χ3v) is 5.18. The first-order chi connectivity index (χ1) is 15.4. The minimum Gasteiger partial charge on any atom is -0.493 e. The molecular formula is C27H28O4. The predicted molar refractivity (Wildman–Crippen MR) is 120 cm³/mol. The SMILES string of the molecule is C1=C[C@@H](OCc2ccccc2)[C@@H](OCc2ccccc2)[C@H](COCc2ccccc2)O1. The van der Waals surface area contributed by atoms with Gasteiger partial charge in [0, 0.05) is 0 Å². The second-order valence-electron chi connectivity index (χ2n) is 7.53. The van der Waals surface area contributed by atoms with Crippen molar-refractivity contribution in [3.63, 3.8) is 0 Å². The molecule has 0 unspecified atom stereocenters. The molecule has 0 radical (unpaired) electrons. The highest BCUT2D eigenvalue weighted by atomic mass is 16.6. The summed E-state index contributed by atoms with van der Waals surface area (Å²) < 4.78 is 24.4. The van der Waals surface area contributed by atoms with Gasteiger partial charge in [0.05, 0.1) is 32.7 Å². The Hall–Kier alpha value is -2.92. The minimum atomic E-state index is -0.273. The largest absolute Gasteiger partial charge is 0.493 e. The third-order valence-electron chi connectivity index (χ3n) is 5.18. The average molecular weight is 417 g/mol. The molecule has 160 valence electrons. The molecule has 4 nitrogen and oxygen atoms in total. The van der Waals surface area contributed by atoms with E-state index >= 15 is 0 Å². The molecule has 4 heteroatoms. The van der Waals surface area contributed by atoms with Crippen molar-refractivity contribution in [3.05, 3.63) is 120 Å². The molecule has 3 atom stereocenters. The van der Waals surface area contributed by atoms with Gasteiger partial charge in [-0.1, -0.05) is 91.0 Å². The van der Waals surface area contributed by atoms with E-state index in [0.717, 1.165) is 16.7 Å². The van der Waals surface area contributed by atoms with Crippen LogP contribution in [0.15, 0.2) is 103 Å². The van der Waals surface area contributed by atoms with Gasteiger partial charge < -0.3 is 18.9 Å². The molecule has 3 aromatic carbocycles. The lowest BCUT2D eigenvalue weighted by Crippen LogP contribution is -2.45. The van der Waals surface area contributed by atoms with Crippen LogP contribution in [0, 0.1) is 0 Å². The molecule has 1 heterocycles. The van der Waals surface area contributed by atoms with Crippen LogP contribution in [-0.4, -0.2) is 24.9 Å². The molecule has 1 aliphatic rings. The maximum atomic E-state index is 6.30. The second-order valence-corrected chi connectivity index (χ2v) is 7.53. The van der Waals surface area contributed by atoms with Gasteiger partial charge in [-0.25, -0.2) is 0 Å². The van der Waals surface area contributed by atoms with E-state index in [4.69, 9.17) is 18.9 Å². The Kier molecular flexibility index (Phi) is 7.88. The van der Waals surface area contributed by atoms with Crippen LogP contribution in [0.5, 0.6) is 0 Å². The Labute approximate surface area is 184 Å². The third kappa shape index (κ3) is 6.53. The highest BCUT2D eigenvalue weighted by Gasteiger charge is 2.34. The van der Waals surface area contributed by atoms with Gasteiger partial charge in [0.15, 0.2) is 0 Å². The van der Waals surface area contributed by atoms with E-state index in [9.17, 15) is 0 Å². The van der Waals surface area contributed by atoms with Crippen molar-refractivity contribution in [1.29, 1.82) is 0 Å². The van der Waals surface area contributed by atoms with Crippen LogP contribution in [0.4, 0.5) is 0 Å². The predicted octanol–water partition coefficient (Wildman–Crippen LogP) is 5.29. The summed E-state index contributed by atoms with van der Waals surface area (Å²) in [5.41, 5.74) is 3.37. The van der Waals surface area contributed by atoms with Crippen LogP contribution in [-0.2, 0) is 38.8 Å². The van der Waals surface area contributed by atoms with Crippen molar-refractivity contribution in [2.75, 3.05) is 6.61 Å². The van der Waals surface area contributed by atoms with Crippen LogP contribution < -0.4 is 0 Å². The van der Waals surface area contributed by atoms with Crippen LogP contribution in [0.2, 0.25) is 0 Å². The molecule has 1 aliphatic heterocycles. The lowest BCUT2D eigenvalue weighted by Gasteiger charge is -2.34. The summed E-state index contributed by atoms with van der Waals surface area (Å²) in [6.45, 7) is 1.96. The second kappa shape index (κ2) is 11.5. The van der Waals surface area contributed by atoms with Gasteiger partial charge in [0.1, 0.15) is 18.3 Å². The summed E-state index contributed by atoms with van der Waals surface area (Å²) in [6.07, 6.45) is 2.88. The monoisotopic (exact) mass is 416 g/mol. The lowest BCUT2D eigenvalue weighted by molar-refractivity contribution is -0.147. The summed E-state index contributed by atoms with van der Waals surface area (Å²) in [6, 6.07) is 30.4. The fraction of sp³-hybridized carbons (Fsp3) is 0.259. The van der Waals surface area contributed by atoms with Crippen molar-refractivity contribution >= 4 is 0 Å². The Bertz CT molecular complexity index is 912. The van der Waals surface area contributed by atoms with Crippen molar-refractivity contribution in [2.24, 2.45) is 0 Å². The molecule has 3 aromatic rings. The topological polar surface area (TPSA) is 36.9 Å². The lowest BCUT2D eigenvalue weighted by atomic mass is 10.1. The maximum Gasteiger partial charge on any atom is 0.150 e. The summed E-state index contributed by atoms with van der Waals surface area (Å²) in [5.74, 6) is 0. The summed E-state index contributed by atoms with van der Waals surface area (Å²) in [7, 11) is 0. The highest BCUT2D eigenvalue weighted by molar-refractivity contribution is 5.15. The molecule has 0 saturated heterocycles. The van der Waals surface area contributed by atoms with Crippen molar-refractivity contribution in [3.8, 4) is 0 Å². The van der Waals surface area contributed by atoms with Crippen molar-refractivity contribution in [1.82, 2.24) is 0 Å². The number of ether oxygens (including phenoxy) is 4. The van der Waals surface area contributed by atoms with E-state index in [1.807, 2.05) is 60.7 Å². The van der Waals surface area contributed by atoms with Gasteiger partial charge in [0.2, 0.25) is 0 Å². The Morgan fingerprint density at radius 1 is 0.613 bits per heavy atom. The molecule has 0 fully saturated rings. The van der Waals surface area contributed by atoms with Gasteiger partial charge in [-0.05, 0) is 22.8 Å². The first-order valence-corrected chi connectivity index (χ1v) is 10.6. The molecule has 0 saturated carbocycles. The van der Waals surface area contributed by atoms with Crippen LogP contribution in [0.3, 0.4) is 0 Å². The van der Waals surface area contributed by atoms with Crippen LogP contribution in [0.25, 0.3) is 0 Å². The molecule has 0 amide bonds. The van der Waals surface area contributed by atoms with Crippen LogP contribution >= 0.6 is 0 Å². The van der Waals surface area contributed by atoms with Crippen LogP contribution in [0.1, 0.15) is 16.7 Å². The highest BCUT2D eigenvalue weighted by Crippen LogP contribution is 2.22. The Morgan fingerprint density at radius 3 is 1.71 bits per heavy atom. The number of benzene rings is 3. The first-order valence-electron chi connectivity index (χ1n) is 10.6. The molecule has 0 bridgehead atoms. The van der Waals surface area contributed by atoms with Gasteiger partial charge in [0.25, 0.3) is 0 Å². The van der Waals surface area contributed by atoms with Gasteiger partial charge in [-0.2, -0.15) is 0 Å². The molecular weight excluding hydrogens is 388 g/mol. The molecule has 4 rings (SSSR count). The standard InChI is InChI=1S/C27H28O4/c1-4-10-22(11-5-1)18-28-21-26-27(31-20-24-14-8-3-9-15-24)25(16-17-29-26)30-19-23-12-6-2-7-13-23/h1-17,25-27H,18-21H2/t25-,26+,27-/m1/s1. The molecule has 0 aromatic heterocycles. The fourth-order valence-corrected chi connectivity index (χ4v) is 3.51. The van der Waals surface area contributed by atoms with E-state index in [-0.39, 0.29) is 18.3 Å². The van der Waals surface area contributed by atoms with E-state index in [1.54, 1.807) is 6.26 Å². The van der Waals surface area contributed by atoms with Crippen molar-refractivity contribution in [2.45, 2.75) is 38.1 Å². The van der Waals surface area contributed by atoms with E-state index in [2.05, 4.69) is 36.4 Å². The molecule has 0 N–H and O–H groups in total. The zero-order valence-electron chi connectivity index (χ0n) is 17.5. The maximum absolute atomic E-state index is 6.30. The average Bonchev–Trinajstić information content (AvgIpc) is 2.84. The van der Waals surface area contributed by atoms with E-state index < -0.39 is 0 Å². The van der Waals surface area contributed by atoms with E-state index in [0.29, 0.717) is 26.4 Å². The molecule has 31 heavy (non-hydrogen) atoms. The summed E-state index contributed by atoms with van der Waals surface area (Å²) >= 11 is 0. The normalized spacial score (nSPS) is 20.3. The quantitative estimate of drug-likeness (QED) is 0.450. The van der Waals surface area contributed by atoms with Gasteiger partial charge >= 0.3 is 0 Å². The Balaban J connectivity index is 1.39. The molecule has 0 aliphatic carbocycles. The summed E-state index contributed by atoms with van der Waals surface area (Å²) in [4.78, 5) is 0. The number of hydrogen-bond donors (Lipinski definition) is 0. The Morgan fingerprint density at radius 2 is 1.13 bits per heavy atom. The number of hydrogen-bond acceptors (Lipinski definition) is 4. The number of rotatable bonds is 10. The zero-order valence-corrected chi connectivity index (χ0v) is 17.5. The van der Waals surface area contributed by atoms with Gasteiger partial charge in [-0.3, -0.25) is 0 Å². The first kappa shape index (κ1) is 21.3. The van der Waals surface area contributed by atoms with Crippen molar-refractivity contribution < 1.29 is 18.9 Å². The minimum absolute atomic E-state index is 0.219. The van der Waals surface area contributed by atoms with E-state index in [1.165, 1.54) is 0 Å².